The largest absolute Gasteiger partial charge is 0.369 e. The van der Waals surface area contributed by atoms with Gasteiger partial charge in [0, 0.05) is 18.5 Å². The van der Waals surface area contributed by atoms with Gasteiger partial charge >= 0.3 is 0 Å². The Morgan fingerprint density at radius 1 is 1.34 bits per heavy atom. The zero-order valence-corrected chi connectivity index (χ0v) is 16.5. The lowest BCUT2D eigenvalue weighted by Gasteiger charge is -2.37. The van der Waals surface area contributed by atoms with Crippen LogP contribution < -0.4 is 5.73 Å². The predicted octanol–water partition coefficient (Wildman–Crippen LogP) is 2.72. The van der Waals surface area contributed by atoms with Gasteiger partial charge in [-0.2, -0.15) is 5.26 Å². The van der Waals surface area contributed by atoms with Crippen molar-refractivity contribution in [1.29, 1.82) is 5.26 Å². The van der Waals surface area contributed by atoms with E-state index in [0.29, 0.717) is 23.1 Å². The Labute approximate surface area is 169 Å². The van der Waals surface area contributed by atoms with Crippen molar-refractivity contribution in [3.8, 4) is 6.07 Å². The lowest BCUT2D eigenvalue weighted by molar-refractivity contribution is -0.124. The maximum atomic E-state index is 13.2. The van der Waals surface area contributed by atoms with Gasteiger partial charge in [-0.25, -0.2) is 4.99 Å². The van der Waals surface area contributed by atoms with Gasteiger partial charge in [-0.3, -0.25) is 14.5 Å². The topological polar surface area (TPSA) is 99.5 Å². The predicted molar refractivity (Wildman–Crippen MR) is 109 cm³/mol. The molecule has 6 nitrogen and oxygen atoms in total. The van der Waals surface area contributed by atoms with Gasteiger partial charge < -0.3 is 5.73 Å². The molecule has 0 saturated heterocycles. The van der Waals surface area contributed by atoms with Crippen molar-refractivity contribution in [2.45, 2.75) is 31.7 Å². The molecule has 146 valence electrons. The van der Waals surface area contributed by atoms with Crippen molar-refractivity contribution in [1.82, 2.24) is 4.90 Å². The molecule has 2 aliphatic carbocycles. The normalized spacial score (nSPS) is 26.7. The summed E-state index contributed by atoms with van der Waals surface area (Å²) in [6.07, 6.45) is 7.94. The highest BCUT2D eigenvalue weighted by Gasteiger charge is 2.43. The first-order valence-corrected chi connectivity index (χ1v) is 9.65. The van der Waals surface area contributed by atoms with E-state index in [1.807, 2.05) is 25.1 Å². The van der Waals surface area contributed by atoms with Crippen LogP contribution in [0.4, 0.5) is 0 Å². The van der Waals surface area contributed by atoms with E-state index < -0.39 is 5.54 Å². The molecule has 6 heteroatoms. The molecule has 0 bridgehead atoms. The van der Waals surface area contributed by atoms with Crippen LogP contribution in [0.3, 0.4) is 0 Å². The third kappa shape index (κ3) is 3.19. The summed E-state index contributed by atoms with van der Waals surface area (Å²) in [4.78, 5) is 31.6. The van der Waals surface area contributed by atoms with E-state index in [-0.39, 0.29) is 23.6 Å². The fourth-order valence-electron chi connectivity index (χ4n) is 3.89. The van der Waals surface area contributed by atoms with Crippen LogP contribution in [0.15, 0.2) is 64.2 Å². The van der Waals surface area contributed by atoms with Crippen LogP contribution in [0, 0.1) is 17.2 Å². The second-order valence-corrected chi connectivity index (χ2v) is 7.83. The first-order valence-electron chi connectivity index (χ1n) is 9.65. The smallest absolute Gasteiger partial charge is 0.259 e. The molecule has 0 unspecified atom stereocenters. The number of amides is 1. The monoisotopic (exact) mass is 386 g/mol. The lowest BCUT2D eigenvalue weighted by atomic mass is 9.78. The number of nitrogens with zero attached hydrogens (tertiary/aromatic N) is 3. The molecule has 1 heterocycles. The summed E-state index contributed by atoms with van der Waals surface area (Å²) in [5.74, 6) is 0.242. The van der Waals surface area contributed by atoms with Crippen molar-refractivity contribution in [2.24, 2.45) is 16.6 Å². The van der Waals surface area contributed by atoms with E-state index in [4.69, 9.17) is 5.73 Å². The third-order valence-electron chi connectivity index (χ3n) is 5.80. The van der Waals surface area contributed by atoms with Crippen molar-refractivity contribution >= 4 is 17.6 Å². The molecule has 1 atom stereocenters. The second-order valence-electron chi connectivity index (χ2n) is 7.83. The molecule has 1 saturated carbocycles. The molecule has 1 amide bonds. The highest BCUT2D eigenvalue weighted by atomic mass is 16.2. The van der Waals surface area contributed by atoms with Crippen LogP contribution in [0.2, 0.25) is 0 Å². The molecular formula is C23H22N4O2. The van der Waals surface area contributed by atoms with Crippen molar-refractivity contribution in [3.05, 3.63) is 70.3 Å². The fourth-order valence-corrected chi connectivity index (χ4v) is 3.89. The van der Waals surface area contributed by atoms with Crippen molar-refractivity contribution in [3.63, 3.8) is 0 Å². The Bertz CT molecular complexity index is 1080. The minimum absolute atomic E-state index is 0.129. The number of rotatable bonds is 3. The molecule has 0 radical (unpaired) electrons. The molecule has 2 N–H and O–H groups in total. The Morgan fingerprint density at radius 2 is 2.10 bits per heavy atom. The number of nitriles is 1. The number of guanidine groups is 1. The van der Waals surface area contributed by atoms with Gasteiger partial charge in [0.15, 0.2) is 11.7 Å². The summed E-state index contributed by atoms with van der Waals surface area (Å²) in [7, 11) is 1.59. The van der Waals surface area contributed by atoms with Crippen LogP contribution in [-0.4, -0.2) is 29.6 Å². The van der Waals surface area contributed by atoms with E-state index in [9.17, 15) is 14.9 Å². The number of carbonyl (C=O) groups excluding carboxylic acids is 2. The zero-order chi connectivity index (χ0) is 20.8. The molecule has 4 rings (SSSR count). The van der Waals surface area contributed by atoms with Gasteiger partial charge in [0.2, 0.25) is 0 Å². The van der Waals surface area contributed by atoms with E-state index in [1.54, 1.807) is 31.3 Å². The summed E-state index contributed by atoms with van der Waals surface area (Å²) in [6.45, 7) is 1.84. The molecule has 3 aliphatic rings. The van der Waals surface area contributed by atoms with E-state index in [1.165, 1.54) is 4.90 Å². The number of hydrogen-bond acceptors (Lipinski definition) is 5. The molecule has 1 fully saturated rings. The van der Waals surface area contributed by atoms with E-state index >= 15 is 0 Å². The van der Waals surface area contributed by atoms with Crippen LogP contribution in [-0.2, 0) is 15.1 Å². The van der Waals surface area contributed by atoms with Gasteiger partial charge in [0.05, 0.1) is 17.2 Å². The first-order chi connectivity index (χ1) is 13.8. The minimum atomic E-state index is -1.02. The Balaban J connectivity index is 1.82. The standard InChI is InChI=1S/C23H22N4O2/c1-23(18-5-3-4-14(12-18)13-24)19(21(29)27(2)22(25)26-23)15-6-8-16(9-7-15)20(28)17-10-11-17/h3-6,8-9,12,17H,7,10-11H2,1-2H3,(H2,25,26)/b19-15-/t23-/m1/s1. The highest BCUT2D eigenvalue weighted by Crippen LogP contribution is 2.41. The maximum absolute atomic E-state index is 13.2. The zero-order valence-electron chi connectivity index (χ0n) is 16.5. The van der Waals surface area contributed by atoms with Gasteiger partial charge in [0.25, 0.3) is 5.91 Å². The van der Waals surface area contributed by atoms with Crippen LogP contribution in [0.1, 0.15) is 37.3 Å². The Morgan fingerprint density at radius 3 is 2.72 bits per heavy atom. The molecule has 1 aromatic carbocycles. The average Bonchev–Trinajstić information content (AvgIpc) is 3.57. The van der Waals surface area contributed by atoms with Gasteiger partial charge in [0.1, 0.15) is 5.54 Å². The Kier molecular flexibility index (Phi) is 4.46. The molecule has 1 aliphatic heterocycles. The van der Waals surface area contributed by atoms with E-state index in [2.05, 4.69) is 11.1 Å². The van der Waals surface area contributed by atoms with Crippen molar-refractivity contribution < 1.29 is 9.59 Å². The lowest BCUT2D eigenvalue weighted by Crippen LogP contribution is -2.49. The van der Waals surface area contributed by atoms with Gasteiger partial charge in [-0.1, -0.05) is 30.4 Å². The van der Waals surface area contributed by atoms with E-state index in [0.717, 1.165) is 24.0 Å². The molecule has 1 aromatic rings. The van der Waals surface area contributed by atoms with Crippen molar-refractivity contribution in [2.75, 3.05) is 7.05 Å². The number of allylic oxidation sites excluding steroid dienone is 5. The number of nitrogens with two attached hydrogens (primary N) is 1. The molecule has 0 spiro atoms. The van der Waals surface area contributed by atoms with Gasteiger partial charge in [-0.15, -0.1) is 0 Å². The number of ketones is 1. The number of aliphatic imine (C=N–C) groups is 1. The number of carbonyl (C=O) groups is 2. The van der Waals surface area contributed by atoms with Crippen LogP contribution >= 0.6 is 0 Å². The number of hydrogen-bond donors (Lipinski definition) is 1. The third-order valence-corrected chi connectivity index (χ3v) is 5.80. The number of Topliss-reactive ketones (excluding diaryl/α,β-unsaturated/α-hetero) is 1. The first kappa shape index (κ1) is 18.9. The highest BCUT2D eigenvalue weighted by molar-refractivity contribution is 6.09. The number of likely N-dealkylation sites (N-methyl/N-ethyl adjacent to an activating group) is 1. The maximum Gasteiger partial charge on any atom is 0.259 e. The van der Waals surface area contributed by atoms with Crippen LogP contribution in [0.25, 0.3) is 0 Å². The second kappa shape index (κ2) is 6.85. The summed E-state index contributed by atoms with van der Waals surface area (Å²) >= 11 is 0. The molecule has 29 heavy (non-hydrogen) atoms. The summed E-state index contributed by atoms with van der Waals surface area (Å²) in [5.41, 5.74) is 8.25. The number of benzene rings is 1. The molecular weight excluding hydrogens is 364 g/mol. The van der Waals surface area contributed by atoms with Gasteiger partial charge in [-0.05, 0) is 49.5 Å². The SMILES string of the molecule is CN1C(=O)/C(=C2\C=CC(C(=O)C3CC3)=CC2)[C@@](C)(c2cccc(C#N)c2)N=C1N. The fraction of sp³-hybridized carbons (Fsp3) is 0.304. The molecule has 0 aromatic heterocycles. The Hall–Kier alpha value is -3.46. The quantitative estimate of drug-likeness (QED) is 0.807. The average molecular weight is 386 g/mol. The summed E-state index contributed by atoms with van der Waals surface area (Å²) in [5, 5.41) is 9.29. The summed E-state index contributed by atoms with van der Waals surface area (Å²) < 4.78 is 0. The van der Waals surface area contributed by atoms with Crippen LogP contribution in [0.5, 0.6) is 0 Å². The summed E-state index contributed by atoms with van der Waals surface area (Å²) in [6, 6.07) is 9.20. The minimum Gasteiger partial charge on any atom is -0.369 e.